The van der Waals surface area contributed by atoms with Gasteiger partial charge in [-0.15, -0.1) is 0 Å². The molecule has 26 heavy (non-hydrogen) atoms. The Morgan fingerprint density at radius 1 is 1.15 bits per heavy atom. The molecule has 3 rings (SSSR count). The first-order valence-electron chi connectivity index (χ1n) is 8.06. The standard InChI is InChI=1S/C19H18Cl2N4S/c1-13-2-4-14(5-3-13)9-22-19(26)24-17-10-23-25(12-17)11-15-6-7-16(20)8-18(15)21/h2-8,10,12H,9,11H2,1H3,(H2,22,24,26). The fourth-order valence-electron chi connectivity index (χ4n) is 2.40. The average molecular weight is 405 g/mol. The molecule has 0 saturated carbocycles. The quantitative estimate of drug-likeness (QED) is 0.584. The lowest BCUT2D eigenvalue weighted by molar-refractivity contribution is 0.687. The molecular formula is C19H18Cl2N4S. The van der Waals surface area contributed by atoms with E-state index in [0.29, 0.717) is 28.2 Å². The molecule has 7 heteroatoms. The first-order valence-corrected chi connectivity index (χ1v) is 9.23. The van der Waals surface area contributed by atoms with Crippen LogP contribution >= 0.6 is 35.4 Å². The Bertz CT molecular complexity index is 906. The molecule has 0 saturated heterocycles. The predicted molar refractivity (Wildman–Crippen MR) is 112 cm³/mol. The minimum Gasteiger partial charge on any atom is -0.358 e. The highest BCUT2D eigenvalue weighted by Crippen LogP contribution is 2.22. The number of rotatable bonds is 5. The molecule has 0 aliphatic rings. The molecule has 1 aromatic heterocycles. The fraction of sp³-hybridized carbons (Fsp3) is 0.158. The van der Waals surface area contributed by atoms with Crippen LogP contribution in [0.1, 0.15) is 16.7 Å². The number of aromatic nitrogens is 2. The highest BCUT2D eigenvalue weighted by molar-refractivity contribution is 7.80. The summed E-state index contributed by atoms with van der Waals surface area (Å²) in [6, 6.07) is 13.8. The summed E-state index contributed by atoms with van der Waals surface area (Å²) in [6.45, 7) is 3.29. The number of nitrogens with zero attached hydrogens (tertiary/aromatic N) is 2. The van der Waals surface area contributed by atoms with Crippen molar-refractivity contribution in [2.75, 3.05) is 5.32 Å². The normalized spacial score (nSPS) is 10.6. The highest BCUT2D eigenvalue weighted by atomic mass is 35.5. The van der Waals surface area contributed by atoms with Crippen LogP contribution in [0.15, 0.2) is 54.9 Å². The highest BCUT2D eigenvalue weighted by Gasteiger charge is 2.05. The molecule has 0 aliphatic heterocycles. The van der Waals surface area contributed by atoms with Crippen LogP contribution < -0.4 is 10.6 Å². The molecule has 4 nitrogen and oxygen atoms in total. The fourth-order valence-corrected chi connectivity index (χ4v) is 3.06. The number of benzene rings is 2. The van der Waals surface area contributed by atoms with Gasteiger partial charge in [0, 0.05) is 22.8 Å². The Morgan fingerprint density at radius 2 is 1.92 bits per heavy atom. The van der Waals surface area contributed by atoms with E-state index in [2.05, 4.69) is 46.9 Å². The van der Waals surface area contributed by atoms with Crippen LogP contribution in [-0.4, -0.2) is 14.9 Å². The molecule has 2 N–H and O–H groups in total. The largest absolute Gasteiger partial charge is 0.358 e. The van der Waals surface area contributed by atoms with Gasteiger partial charge in [0.25, 0.3) is 0 Å². The van der Waals surface area contributed by atoms with Crippen LogP contribution in [0.5, 0.6) is 0 Å². The third-order valence-corrected chi connectivity index (χ3v) is 4.65. The van der Waals surface area contributed by atoms with E-state index in [0.717, 1.165) is 11.3 Å². The van der Waals surface area contributed by atoms with E-state index in [1.54, 1.807) is 16.9 Å². The van der Waals surface area contributed by atoms with Gasteiger partial charge in [-0.25, -0.2) is 0 Å². The van der Waals surface area contributed by atoms with E-state index in [1.165, 1.54) is 11.1 Å². The van der Waals surface area contributed by atoms with E-state index in [9.17, 15) is 0 Å². The first kappa shape index (κ1) is 18.7. The number of nitrogens with one attached hydrogen (secondary N) is 2. The van der Waals surface area contributed by atoms with Crippen molar-refractivity contribution in [2.24, 2.45) is 0 Å². The van der Waals surface area contributed by atoms with E-state index in [4.69, 9.17) is 35.4 Å². The lowest BCUT2D eigenvalue weighted by atomic mass is 10.1. The molecule has 0 aliphatic carbocycles. The van der Waals surface area contributed by atoms with Gasteiger partial charge in [0.15, 0.2) is 5.11 Å². The van der Waals surface area contributed by atoms with Crippen molar-refractivity contribution in [3.8, 4) is 0 Å². The summed E-state index contributed by atoms with van der Waals surface area (Å²) in [7, 11) is 0. The Balaban J connectivity index is 1.54. The second kappa shape index (κ2) is 8.54. The molecule has 0 amide bonds. The number of hydrogen-bond acceptors (Lipinski definition) is 2. The van der Waals surface area contributed by atoms with E-state index >= 15 is 0 Å². The van der Waals surface area contributed by atoms with Gasteiger partial charge in [-0.05, 0) is 42.4 Å². The molecule has 3 aromatic rings. The molecular weight excluding hydrogens is 387 g/mol. The van der Waals surface area contributed by atoms with Crippen LogP contribution in [0.2, 0.25) is 10.0 Å². The topological polar surface area (TPSA) is 41.9 Å². The molecule has 0 spiro atoms. The molecule has 0 unspecified atom stereocenters. The molecule has 0 atom stereocenters. The monoisotopic (exact) mass is 404 g/mol. The molecule has 0 radical (unpaired) electrons. The summed E-state index contributed by atoms with van der Waals surface area (Å²) in [6.07, 6.45) is 3.61. The van der Waals surface area contributed by atoms with Gasteiger partial charge in [-0.3, -0.25) is 4.68 Å². The van der Waals surface area contributed by atoms with Crippen molar-refractivity contribution in [3.05, 3.63) is 81.6 Å². The second-order valence-corrected chi connectivity index (χ2v) is 7.21. The number of hydrogen-bond donors (Lipinski definition) is 2. The maximum absolute atomic E-state index is 6.21. The van der Waals surface area contributed by atoms with E-state index in [-0.39, 0.29) is 0 Å². The third-order valence-electron chi connectivity index (χ3n) is 3.81. The van der Waals surface area contributed by atoms with Crippen molar-refractivity contribution < 1.29 is 0 Å². The van der Waals surface area contributed by atoms with Crippen LogP contribution in [0, 0.1) is 6.92 Å². The molecule has 2 aromatic carbocycles. The SMILES string of the molecule is Cc1ccc(CNC(=S)Nc2cnn(Cc3ccc(Cl)cc3Cl)c2)cc1. The third kappa shape index (κ3) is 5.21. The smallest absolute Gasteiger partial charge is 0.171 e. The summed E-state index contributed by atoms with van der Waals surface area (Å²) >= 11 is 17.5. The van der Waals surface area contributed by atoms with Gasteiger partial charge in [0.2, 0.25) is 0 Å². The van der Waals surface area contributed by atoms with Gasteiger partial charge in [-0.1, -0.05) is 59.1 Å². The van der Waals surface area contributed by atoms with Gasteiger partial charge < -0.3 is 10.6 Å². The zero-order chi connectivity index (χ0) is 18.5. The summed E-state index contributed by atoms with van der Waals surface area (Å²) in [5, 5.41) is 12.4. The average Bonchev–Trinajstić information content (AvgIpc) is 3.04. The Kier molecular flexibility index (Phi) is 6.14. The number of halogens is 2. The number of thiocarbonyl (C=S) groups is 1. The lowest BCUT2D eigenvalue weighted by Gasteiger charge is -2.09. The minimum atomic E-state index is 0.551. The Morgan fingerprint density at radius 3 is 2.65 bits per heavy atom. The van der Waals surface area contributed by atoms with Crippen LogP contribution in [-0.2, 0) is 13.1 Å². The zero-order valence-corrected chi connectivity index (χ0v) is 16.5. The van der Waals surface area contributed by atoms with Crippen LogP contribution in [0.25, 0.3) is 0 Å². The van der Waals surface area contributed by atoms with Crippen LogP contribution in [0.3, 0.4) is 0 Å². The predicted octanol–water partition coefficient (Wildman–Crippen LogP) is 5.03. The number of anilines is 1. The first-order chi connectivity index (χ1) is 12.5. The maximum Gasteiger partial charge on any atom is 0.171 e. The van der Waals surface area contributed by atoms with Gasteiger partial charge in [0.1, 0.15) is 0 Å². The Labute approximate surface area is 168 Å². The second-order valence-electron chi connectivity index (χ2n) is 5.96. The molecule has 0 fully saturated rings. The van der Waals surface area contributed by atoms with Crippen molar-refractivity contribution in [1.82, 2.24) is 15.1 Å². The van der Waals surface area contributed by atoms with Crippen molar-refractivity contribution in [3.63, 3.8) is 0 Å². The number of aryl methyl sites for hydroxylation is 1. The van der Waals surface area contributed by atoms with Crippen LogP contribution in [0.4, 0.5) is 5.69 Å². The maximum atomic E-state index is 6.21. The van der Waals surface area contributed by atoms with Crippen molar-refractivity contribution in [1.29, 1.82) is 0 Å². The summed E-state index contributed by atoms with van der Waals surface area (Å²) in [4.78, 5) is 0. The summed E-state index contributed by atoms with van der Waals surface area (Å²) in [5.41, 5.74) is 4.18. The molecule has 1 heterocycles. The molecule has 0 bridgehead atoms. The minimum absolute atomic E-state index is 0.551. The zero-order valence-electron chi connectivity index (χ0n) is 14.2. The van der Waals surface area contributed by atoms with Gasteiger partial charge in [0.05, 0.1) is 18.4 Å². The van der Waals surface area contributed by atoms with E-state index < -0.39 is 0 Å². The van der Waals surface area contributed by atoms with E-state index in [1.807, 2.05) is 18.3 Å². The van der Waals surface area contributed by atoms with Crippen molar-refractivity contribution >= 4 is 46.2 Å². The van der Waals surface area contributed by atoms with Gasteiger partial charge >= 0.3 is 0 Å². The van der Waals surface area contributed by atoms with Gasteiger partial charge in [-0.2, -0.15) is 5.10 Å². The molecule has 134 valence electrons. The lowest BCUT2D eigenvalue weighted by Crippen LogP contribution is -2.27. The summed E-state index contributed by atoms with van der Waals surface area (Å²) < 4.78 is 1.79. The Hall–Kier alpha value is -2.08. The van der Waals surface area contributed by atoms with Crippen molar-refractivity contribution in [2.45, 2.75) is 20.0 Å². The summed E-state index contributed by atoms with van der Waals surface area (Å²) in [5.74, 6) is 0.